The van der Waals surface area contributed by atoms with Crippen LogP contribution in [0.1, 0.15) is 24.8 Å². The molecule has 1 saturated heterocycles. The third kappa shape index (κ3) is 4.53. The van der Waals surface area contributed by atoms with Crippen LogP contribution in [0.25, 0.3) is 0 Å². The van der Waals surface area contributed by atoms with E-state index in [1.807, 2.05) is 35.2 Å². The molecule has 1 unspecified atom stereocenters. The van der Waals surface area contributed by atoms with E-state index in [9.17, 15) is 4.79 Å². The van der Waals surface area contributed by atoms with Crippen molar-refractivity contribution < 1.29 is 14.3 Å². The number of rotatable bonds is 7. The lowest BCUT2D eigenvalue weighted by molar-refractivity contribution is -0.132. The molecule has 25 heavy (non-hydrogen) atoms. The van der Waals surface area contributed by atoms with Crippen molar-refractivity contribution in [3.05, 3.63) is 60.2 Å². The Labute approximate surface area is 149 Å². The maximum absolute atomic E-state index is 12.6. The molecule has 1 aliphatic heterocycles. The highest BCUT2D eigenvalue weighted by Crippen LogP contribution is 2.26. The van der Waals surface area contributed by atoms with Gasteiger partial charge < -0.3 is 14.4 Å². The number of ether oxygens (including phenoxy) is 2. The van der Waals surface area contributed by atoms with Gasteiger partial charge in [-0.1, -0.05) is 42.5 Å². The van der Waals surface area contributed by atoms with E-state index < -0.39 is 0 Å². The van der Waals surface area contributed by atoms with Crippen LogP contribution in [0, 0.1) is 0 Å². The summed E-state index contributed by atoms with van der Waals surface area (Å²) in [6, 6.07) is 18.2. The Morgan fingerprint density at radius 1 is 1.08 bits per heavy atom. The van der Waals surface area contributed by atoms with Crippen LogP contribution in [0.15, 0.2) is 54.6 Å². The number of para-hydroxylation sites is 2. The predicted octanol–water partition coefficient (Wildman–Crippen LogP) is 3.70. The fraction of sp³-hybridized carbons (Fsp3) is 0.381. The lowest BCUT2D eigenvalue weighted by Gasteiger charge is -2.25. The summed E-state index contributed by atoms with van der Waals surface area (Å²) < 4.78 is 11.0. The molecule has 1 amide bonds. The molecule has 132 valence electrons. The lowest BCUT2D eigenvalue weighted by Crippen LogP contribution is -2.37. The zero-order chi connectivity index (χ0) is 17.5. The highest BCUT2D eigenvalue weighted by molar-refractivity contribution is 5.77. The number of amides is 1. The number of benzene rings is 2. The molecule has 1 atom stereocenters. The smallest absolute Gasteiger partial charge is 0.226 e. The Kier molecular flexibility index (Phi) is 5.94. The summed E-state index contributed by atoms with van der Waals surface area (Å²) in [5.74, 6) is 1.55. The first-order chi connectivity index (χ1) is 12.3. The third-order valence-corrected chi connectivity index (χ3v) is 4.65. The fourth-order valence-electron chi connectivity index (χ4n) is 3.39. The Bertz CT molecular complexity index is 687. The first-order valence-electron chi connectivity index (χ1n) is 8.87. The van der Waals surface area contributed by atoms with Crippen molar-refractivity contribution in [1.29, 1.82) is 0 Å². The van der Waals surface area contributed by atoms with Gasteiger partial charge in [-0.05, 0) is 37.0 Å². The van der Waals surface area contributed by atoms with E-state index in [0.717, 1.165) is 25.8 Å². The molecule has 1 heterocycles. The topological polar surface area (TPSA) is 38.8 Å². The summed E-state index contributed by atoms with van der Waals surface area (Å²) in [4.78, 5) is 14.6. The molecule has 0 spiro atoms. The van der Waals surface area contributed by atoms with Crippen LogP contribution in [0.4, 0.5) is 0 Å². The maximum atomic E-state index is 12.6. The van der Waals surface area contributed by atoms with Crippen LogP contribution in [0.2, 0.25) is 0 Å². The first-order valence-corrected chi connectivity index (χ1v) is 8.87. The second-order valence-corrected chi connectivity index (χ2v) is 6.32. The number of nitrogens with zero attached hydrogens (tertiary/aromatic N) is 1. The summed E-state index contributed by atoms with van der Waals surface area (Å²) in [5.41, 5.74) is 1.29. The van der Waals surface area contributed by atoms with Gasteiger partial charge in [-0.15, -0.1) is 0 Å². The predicted molar refractivity (Wildman–Crippen MR) is 98.0 cm³/mol. The first kappa shape index (κ1) is 17.3. The van der Waals surface area contributed by atoms with Crippen LogP contribution in [0.3, 0.4) is 0 Å². The Hall–Kier alpha value is -2.49. The van der Waals surface area contributed by atoms with Crippen LogP contribution in [0.5, 0.6) is 11.5 Å². The van der Waals surface area contributed by atoms with Gasteiger partial charge in [0.05, 0.1) is 20.1 Å². The van der Waals surface area contributed by atoms with Crippen molar-refractivity contribution >= 4 is 5.91 Å². The van der Waals surface area contributed by atoms with Gasteiger partial charge in [0.2, 0.25) is 5.91 Å². The van der Waals surface area contributed by atoms with Crippen molar-refractivity contribution in [3.63, 3.8) is 0 Å². The standard InChI is InChI=1S/C21H25NO3/c1-24-19-11-5-6-12-20(19)25-15-13-21(23)22-14-7-10-18(22)16-17-8-3-2-4-9-17/h2-6,8-9,11-12,18H,7,10,13-16H2,1H3. The van der Waals surface area contributed by atoms with Crippen molar-refractivity contribution in [2.45, 2.75) is 31.7 Å². The van der Waals surface area contributed by atoms with Gasteiger partial charge in [-0.25, -0.2) is 0 Å². The molecule has 2 aromatic rings. The van der Waals surface area contributed by atoms with E-state index in [4.69, 9.17) is 9.47 Å². The van der Waals surface area contributed by atoms with Gasteiger partial charge >= 0.3 is 0 Å². The Balaban J connectivity index is 1.52. The summed E-state index contributed by atoms with van der Waals surface area (Å²) >= 11 is 0. The van der Waals surface area contributed by atoms with E-state index in [1.54, 1.807) is 7.11 Å². The molecule has 0 aromatic heterocycles. The minimum absolute atomic E-state index is 0.174. The molecule has 1 fully saturated rings. The van der Waals surface area contributed by atoms with Crippen molar-refractivity contribution in [1.82, 2.24) is 4.90 Å². The molecular weight excluding hydrogens is 314 g/mol. The Morgan fingerprint density at radius 2 is 1.80 bits per heavy atom. The van der Waals surface area contributed by atoms with Gasteiger partial charge in [0.15, 0.2) is 11.5 Å². The maximum Gasteiger partial charge on any atom is 0.226 e. The molecule has 0 bridgehead atoms. The van der Waals surface area contributed by atoms with Crippen LogP contribution in [-0.4, -0.2) is 37.1 Å². The molecular formula is C21H25NO3. The number of carbonyl (C=O) groups is 1. The number of hydrogen-bond acceptors (Lipinski definition) is 3. The number of methoxy groups -OCH3 is 1. The highest BCUT2D eigenvalue weighted by atomic mass is 16.5. The average Bonchev–Trinajstić information content (AvgIpc) is 3.11. The number of carbonyl (C=O) groups excluding carboxylic acids is 1. The van der Waals surface area contributed by atoms with Gasteiger partial charge in [0, 0.05) is 12.6 Å². The van der Waals surface area contributed by atoms with E-state index in [2.05, 4.69) is 24.3 Å². The summed E-state index contributed by atoms with van der Waals surface area (Å²) in [7, 11) is 1.62. The quantitative estimate of drug-likeness (QED) is 0.772. The van der Waals surface area contributed by atoms with E-state index >= 15 is 0 Å². The van der Waals surface area contributed by atoms with Crippen molar-refractivity contribution in [2.24, 2.45) is 0 Å². The van der Waals surface area contributed by atoms with Gasteiger partial charge in [0.25, 0.3) is 0 Å². The second kappa shape index (κ2) is 8.56. The molecule has 3 rings (SSSR count). The third-order valence-electron chi connectivity index (χ3n) is 4.65. The average molecular weight is 339 g/mol. The Morgan fingerprint density at radius 3 is 2.56 bits per heavy atom. The minimum Gasteiger partial charge on any atom is -0.493 e. The number of likely N-dealkylation sites (tertiary alicyclic amines) is 1. The summed E-state index contributed by atoms with van der Waals surface area (Å²) in [6.45, 7) is 1.22. The molecule has 0 N–H and O–H groups in total. The van der Waals surface area contributed by atoms with Gasteiger partial charge in [0.1, 0.15) is 0 Å². The van der Waals surface area contributed by atoms with E-state index in [-0.39, 0.29) is 5.91 Å². The molecule has 4 nitrogen and oxygen atoms in total. The molecule has 2 aromatic carbocycles. The molecule has 1 aliphatic rings. The number of hydrogen-bond donors (Lipinski definition) is 0. The van der Waals surface area contributed by atoms with Crippen LogP contribution in [-0.2, 0) is 11.2 Å². The fourth-order valence-corrected chi connectivity index (χ4v) is 3.39. The summed E-state index contributed by atoms with van der Waals surface area (Å²) in [6.07, 6.45) is 3.48. The zero-order valence-corrected chi connectivity index (χ0v) is 14.7. The minimum atomic E-state index is 0.174. The monoisotopic (exact) mass is 339 g/mol. The molecule has 4 heteroatoms. The van der Waals surface area contributed by atoms with Crippen molar-refractivity contribution in [3.8, 4) is 11.5 Å². The van der Waals surface area contributed by atoms with E-state index in [0.29, 0.717) is 30.6 Å². The molecule has 0 radical (unpaired) electrons. The van der Waals surface area contributed by atoms with Gasteiger partial charge in [-0.3, -0.25) is 4.79 Å². The van der Waals surface area contributed by atoms with Crippen molar-refractivity contribution in [2.75, 3.05) is 20.3 Å². The summed E-state index contributed by atoms with van der Waals surface area (Å²) in [5, 5.41) is 0. The normalized spacial score (nSPS) is 16.7. The zero-order valence-electron chi connectivity index (χ0n) is 14.7. The highest BCUT2D eigenvalue weighted by Gasteiger charge is 2.28. The van der Waals surface area contributed by atoms with Crippen LogP contribution < -0.4 is 9.47 Å². The molecule has 0 saturated carbocycles. The van der Waals surface area contributed by atoms with Crippen LogP contribution >= 0.6 is 0 Å². The second-order valence-electron chi connectivity index (χ2n) is 6.32. The SMILES string of the molecule is COc1ccccc1OCCC(=O)N1CCCC1Cc1ccccc1. The molecule has 0 aliphatic carbocycles. The van der Waals surface area contributed by atoms with E-state index in [1.165, 1.54) is 5.56 Å². The van der Waals surface area contributed by atoms with Gasteiger partial charge in [-0.2, -0.15) is 0 Å². The lowest BCUT2D eigenvalue weighted by atomic mass is 10.0. The largest absolute Gasteiger partial charge is 0.493 e.